The molecule has 1 N–H and O–H groups in total. The molecule has 1 atom stereocenters. The lowest BCUT2D eigenvalue weighted by molar-refractivity contribution is 0.100. The van der Waals surface area contributed by atoms with Crippen molar-refractivity contribution in [3.8, 4) is 0 Å². The fourth-order valence-corrected chi connectivity index (χ4v) is 1.36. The van der Waals surface area contributed by atoms with E-state index in [0.717, 1.165) is 13.0 Å². The average Bonchev–Trinajstić information content (AvgIpc) is 2.38. The highest BCUT2D eigenvalue weighted by molar-refractivity contribution is 4.88. The Hall–Kier alpha value is -0.0800. The smallest absolute Gasteiger partial charge is 0.0612 e. The summed E-state index contributed by atoms with van der Waals surface area (Å²) in [5, 5.41) is 8.95. The van der Waals surface area contributed by atoms with Crippen LogP contribution < -0.4 is 0 Å². The van der Waals surface area contributed by atoms with Gasteiger partial charge in [0.25, 0.3) is 0 Å². The lowest BCUT2D eigenvalue weighted by Crippen LogP contribution is -2.41. The fraction of sp³-hybridized carbons (Fsp3) is 1.00. The third-order valence-corrected chi connectivity index (χ3v) is 2.47. The number of aliphatic hydroxyl groups excluding tert-OH is 1. The van der Waals surface area contributed by atoms with Gasteiger partial charge in [-0.25, -0.2) is 0 Å². The van der Waals surface area contributed by atoms with Crippen LogP contribution in [0.4, 0.5) is 0 Å². The topological polar surface area (TPSA) is 23.5 Å². The number of aliphatic hydroxyl groups is 1. The van der Waals surface area contributed by atoms with Crippen LogP contribution in [0.25, 0.3) is 0 Å². The molecule has 1 unspecified atom stereocenters. The van der Waals surface area contributed by atoms with Crippen LogP contribution in [0.1, 0.15) is 33.6 Å². The normalized spacial score (nSPS) is 31.4. The molecule has 1 aliphatic rings. The van der Waals surface area contributed by atoms with E-state index in [1.807, 2.05) is 13.8 Å². The van der Waals surface area contributed by atoms with E-state index < -0.39 is 0 Å². The first-order chi connectivity index (χ1) is 5.19. The van der Waals surface area contributed by atoms with Crippen molar-refractivity contribution in [2.45, 2.75) is 39.2 Å². The molecular formula is C9H21NO. The van der Waals surface area contributed by atoms with E-state index in [0.29, 0.717) is 6.61 Å². The summed E-state index contributed by atoms with van der Waals surface area (Å²) in [6, 6.07) is 0. The monoisotopic (exact) mass is 159 g/mol. The van der Waals surface area contributed by atoms with Crippen LogP contribution in [0.3, 0.4) is 0 Å². The molecule has 1 heterocycles. The molecule has 1 fully saturated rings. The first kappa shape index (κ1) is 10.9. The predicted octanol–water partition coefficient (Wildman–Crippen LogP) is 1.49. The first-order valence-electron chi connectivity index (χ1n) is 4.51. The number of hydrogen-bond donors (Lipinski definition) is 1. The Labute approximate surface area is 70.2 Å². The Morgan fingerprint density at radius 2 is 2.00 bits per heavy atom. The van der Waals surface area contributed by atoms with Crippen molar-refractivity contribution in [2.75, 3.05) is 20.2 Å². The lowest BCUT2D eigenvalue weighted by atomic mass is 10.0. The van der Waals surface area contributed by atoms with Crippen molar-refractivity contribution in [1.82, 2.24) is 4.90 Å². The van der Waals surface area contributed by atoms with Crippen LogP contribution in [0.5, 0.6) is 0 Å². The summed E-state index contributed by atoms with van der Waals surface area (Å²) >= 11 is 0. The molecule has 1 aliphatic heterocycles. The largest absolute Gasteiger partial charge is 0.394 e. The van der Waals surface area contributed by atoms with E-state index in [-0.39, 0.29) is 5.54 Å². The highest BCUT2D eigenvalue weighted by atomic mass is 16.3. The number of hydrogen-bond acceptors (Lipinski definition) is 2. The Bertz CT molecular complexity index is 106. The molecule has 0 saturated carbocycles. The summed E-state index contributed by atoms with van der Waals surface area (Å²) < 4.78 is 0. The molecule has 0 aromatic carbocycles. The second kappa shape index (κ2) is 4.73. The minimum atomic E-state index is 0.0833. The van der Waals surface area contributed by atoms with Crippen LogP contribution in [0.2, 0.25) is 0 Å². The molecule has 1 saturated heterocycles. The average molecular weight is 159 g/mol. The maximum absolute atomic E-state index is 8.95. The molecule has 0 aliphatic carbocycles. The third kappa shape index (κ3) is 2.46. The summed E-state index contributed by atoms with van der Waals surface area (Å²) in [5.41, 5.74) is 0.0833. The van der Waals surface area contributed by atoms with Gasteiger partial charge in [0, 0.05) is 5.54 Å². The Morgan fingerprint density at radius 1 is 1.45 bits per heavy atom. The SMILES string of the molecule is CC.CN1CCCC1(C)CO. The highest BCUT2D eigenvalue weighted by Crippen LogP contribution is 2.25. The van der Waals surface area contributed by atoms with Crippen molar-refractivity contribution in [1.29, 1.82) is 0 Å². The van der Waals surface area contributed by atoms with Gasteiger partial charge in [0.05, 0.1) is 6.61 Å². The molecule has 0 radical (unpaired) electrons. The number of nitrogens with zero attached hydrogens (tertiary/aromatic N) is 1. The van der Waals surface area contributed by atoms with Crippen molar-refractivity contribution < 1.29 is 5.11 Å². The van der Waals surface area contributed by atoms with Crippen molar-refractivity contribution >= 4 is 0 Å². The Morgan fingerprint density at radius 3 is 2.18 bits per heavy atom. The van der Waals surface area contributed by atoms with E-state index in [2.05, 4.69) is 18.9 Å². The molecule has 68 valence electrons. The molecule has 2 nitrogen and oxygen atoms in total. The second-order valence-electron chi connectivity index (χ2n) is 3.18. The van der Waals surface area contributed by atoms with Gasteiger partial charge in [-0.05, 0) is 33.4 Å². The number of likely N-dealkylation sites (N-methyl/N-ethyl adjacent to an activating group) is 1. The van der Waals surface area contributed by atoms with Crippen LogP contribution in [0.15, 0.2) is 0 Å². The van der Waals surface area contributed by atoms with Gasteiger partial charge in [0.1, 0.15) is 0 Å². The summed E-state index contributed by atoms with van der Waals surface area (Å²) in [6.45, 7) is 7.54. The molecule has 0 aromatic heterocycles. The van der Waals surface area contributed by atoms with E-state index in [1.54, 1.807) is 0 Å². The molecular weight excluding hydrogens is 138 g/mol. The molecule has 0 spiro atoms. The quantitative estimate of drug-likeness (QED) is 0.626. The summed E-state index contributed by atoms with van der Waals surface area (Å²) in [4.78, 5) is 2.23. The second-order valence-corrected chi connectivity index (χ2v) is 3.18. The summed E-state index contributed by atoms with van der Waals surface area (Å²) in [6.07, 6.45) is 2.37. The molecule has 0 aromatic rings. The van der Waals surface area contributed by atoms with Gasteiger partial charge in [-0.2, -0.15) is 0 Å². The van der Waals surface area contributed by atoms with Crippen molar-refractivity contribution in [3.63, 3.8) is 0 Å². The zero-order valence-corrected chi connectivity index (χ0v) is 8.22. The van der Waals surface area contributed by atoms with E-state index in [1.165, 1.54) is 6.42 Å². The minimum absolute atomic E-state index is 0.0833. The van der Waals surface area contributed by atoms with Crippen LogP contribution in [0, 0.1) is 0 Å². The maximum atomic E-state index is 8.95. The van der Waals surface area contributed by atoms with Crippen LogP contribution in [-0.2, 0) is 0 Å². The number of rotatable bonds is 1. The molecule has 0 amide bonds. The molecule has 1 rings (SSSR count). The molecule has 2 heteroatoms. The van der Waals surface area contributed by atoms with E-state index >= 15 is 0 Å². The zero-order chi connectivity index (χ0) is 8.91. The zero-order valence-electron chi connectivity index (χ0n) is 8.22. The lowest BCUT2D eigenvalue weighted by Gasteiger charge is -2.29. The number of likely N-dealkylation sites (tertiary alicyclic amines) is 1. The minimum Gasteiger partial charge on any atom is -0.394 e. The first-order valence-corrected chi connectivity index (χ1v) is 4.51. The van der Waals surface area contributed by atoms with Gasteiger partial charge in [0.2, 0.25) is 0 Å². The van der Waals surface area contributed by atoms with Crippen molar-refractivity contribution in [3.05, 3.63) is 0 Å². The van der Waals surface area contributed by atoms with Crippen LogP contribution >= 0.6 is 0 Å². The van der Waals surface area contributed by atoms with Gasteiger partial charge in [0.15, 0.2) is 0 Å². The maximum Gasteiger partial charge on any atom is 0.0612 e. The Kier molecular flexibility index (Phi) is 4.69. The van der Waals surface area contributed by atoms with Crippen molar-refractivity contribution in [2.24, 2.45) is 0 Å². The molecule has 0 bridgehead atoms. The van der Waals surface area contributed by atoms with Gasteiger partial charge >= 0.3 is 0 Å². The van der Waals surface area contributed by atoms with Gasteiger partial charge in [-0.1, -0.05) is 13.8 Å². The highest BCUT2D eigenvalue weighted by Gasteiger charge is 2.32. The van der Waals surface area contributed by atoms with Gasteiger partial charge in [-0.3, -0.25) is 4.90 Å². The van der Waals surface area contributed by atoms with E-state index in [9.17, 15) is 0 Å². The fourth-order valence-electron chi connectivity index (χ4n) is 1.36. The Balaban J connectivity index is 0.000000461. The summed E-state index contributed by atoms with van der Waals surface area (Å²) in [5.74, 6) is 0. The molecule has 11 heavy (non-hydrogen) atoms. The van der Waals surface area contributed by atoms with Crippen LogP contribution in [-0.4, -0.2) is 35.7 Å². The summed E-state index contributed by atoms with van der Waals surface area (Å²) in [7, 11) is 2.07. The van der Waals surface area contributed by atoms with Gasteiger partial charge in [-0.15, -0.1) is 0 Å². The van der Waals surface area contributed by atoms with Gasteiger partial charge < -0.3 is 5.11 Å². The predicted molar refractivity (Wildman–Crippen MR) is 48.7 cm³/mol. The third-order valence-electron chi connectivity index (χ3n) is 2.47. The standard InChI is InChI=1S/C7H15NO.C2H6/c1-7(6-9)4-3-5-8(7)2;1-2/h9H,3-6H2,1-2H3;1-2H3. The van der Waals surface area contributed by atoms with E-state index in [4.69, 9.17) is 5.11 Å².